The lowest BCUT2D eigenvalue weighted by atomic mass is 9.99. The average Bonchev–Trinajstić information content (AvgIpc) is 2.72. The zero-order valence-corrected chi connectivity index (χ0v) is 17.0. The second-order valence-electron chi connectivity index (χ2n) is 7.33. The van der Waals surface area contributed by atoms with Crippen LogP contribution in [-0.2, 0) is 22.4 Å². The summed E-state index contributed by atoms with van der Waals surface area (Å²) in [6.07, 6.45) is 0.872. The fourth-order valence-electron chi connectivity index (χ4n) is 3.70. The highest BCUT2D eigenvalue weighted by molar-refractivity contribution is 5.88. The number of carbonyl (C=O) groups is 2. The fraction of sp³-hybridized carbons (Fsp3) is 0.364. The van der Waals surface area contributed by atoms with Gasteiger partial charge in [-0.25, -0.2) is 8.78 Å². The maximum absolute atomic E-state index is 13.3. The van der Waals surface area contributed by atoms with E-state index in [4.69, 9.17) is 9.47 Å². The van der Waals surface area contributed by atoms with Crippen molar-refractivity contribution in [1.82, 2.24) is 5.32 Å². The Morgan fingerprint density at radius 2 is 1.27 bits per heavy atom. The number of nitrogens with one attached hydrogen (secondary N) is 1. The molecule has 0 fully saturated rings. The Labute approximate surface area is 179 Å². The third-order valence-corrected chi connectivity index (χ3v) is 5.25. The van der Waals surface area contributed by atoms with E-state index in [0.717, 1.165) is 11.1 Å². The smallest absolute Gasteiger partial charge is 0.186 e. The molecule has 0 saturated heterocycles. The van der Waals surface area contributed by atoms with Crippen LogP contribution in [0.5, 0.6) is 11.5 Å². The normalized spacial score (nSPS) is 19.4. The number of aryl methyl sites for hydroxylation is 2. The van der Waals surface area contributed by atoms with Gasteiger partial charge >= 0.3 is 0 Å². The molecule has 160 valence electrons. The minimum absolute atomic E-state index is 0. The molecule has 0 bridgehead atoms. The first-order chi connectivity index (χ1) is 14.0. The molecule has 8 heteroatoms. The van der Waals surface area contributed by atoms with E-state index in [9.17, 15) is 18.4 Å². The largest absolute Gasteiger partial charge is 0.482 e. The van der Waals surface area contributed by atoms with Gasteiger partial charge in [0.05, 0.1) is 13.1 Å². The highest BCUT2D eigenvalue weighted by Gasteiger charge is 2.28. The van der Waals surface area contributed by atoms with Crippen molar-refractivity contribution in [3.8, 4) is 11.5 Å². The van der Waals surface area contributed by atoms with Crippen molar-refractivity contribution < 1.29 is 27.8 Å². The average molecular weight is 438 g/mol. The van der Waals surface area contributed by atoms with E-state index >= 15 is 0 Å². The van der Waals surface area contributed by atoms with Crippen LogP contribution in [0.1, 0.15) is 24.0 Å². The van der Waals surface area contributed by atoms with Gasteiger partial charge in [-0.3, -0.25) is 9.59 Å². The standard InChI is InChI=1S/C22H21F2NO4.ClH/c23-15-3-7-19-13(9-15)1-5-21(28-19)17(26)11-25-12-18(27)22-6-2-14-10-16(24)4-8-20(14)29-22;/h3-4,7-10,21-22,25H,1-2,5-6,11-12H2;1H. The Bertz CT molecular complexity index is 877. The van der Waals surface area contributed by atoms with Crippen LogP contribution in [0.25, 0.3) is 0 Å². The van der Waals surface area contributed by atoms with Gasteiger partial charge in [0.1, 0.15) is 23.1 Å². The molecule has 30 heavy (non-hydrogen) atoms. The minimum atomic E-state index is -0.608. The second-order valence-corrected chi connectivity index (χ2v) is 7.33. The van der Waals surface area contributed by atoms with E-state index in [0.29, 0.717) is 37.2 Å². The molecule has 0 saturated carbocycles. The number of fused-ring (bicyclic) bond motifs is 2. The molecule has 0 spiro atoms. The number of rotatable bonds is 6. The van der Waals surface area contributed by atoms with Gasteiger partial charge in [0.15, 0.2) is 23.8 Å². The van der Waals surface area contributed by atoms with E-state index in [-0.39, 0.29) is 48.7 Å². The van der Waals surface area contributed by atoms with Crippen molar-refractivity contribution >= 4 is 24.0 Å². The van der Waals surface area contributed by atoms with E-state index in [1.165, 1.54) is 36.4 Å². The zero-order chi connectivity index (χ0) is 20.4. The molecular weight excluding hydrogens is 416 g/mol. The summed E-state index contributed by atoms with van der Waals surface area (Å²) in [5.74, 6) is 0.0943. The Balaban J connectivity index is 0.00000256. The number of carbonyl (C=O) groups excluding carboxylic acids is 2. The van der Waals surface area contributed by atoms with Gasteiger partial charge in [-0.1, -0.05) is 0 Å². The molecule has 2 aromatic rings. The molecule has 0 aromatic heterocycles. The highest BCUT2D eigenvalue weighted by Crippen LogP contribution is 2.29. The van der Waals surface area contributed by atoms with Crippen LogP contribution in [0.15, 0.2) is 36.4 Å². The summed E-state index contributed by atoms with van der Waals surface area (Å²) < 4.78 is 37.9. The molecule has 2 unspecified atom stereocenters. The van der Waals surface area contributed by atoms with Gasteiger partial charge in [0.25, 0.3) is 0 Å². The number of halogens is 3. The lowest BCUT2D eigenvalue weighted by Gasteiger charge is -2.26. The quantitative estimate of drug-likeness (QED) is 0.752. The van der Waals surface area contributed by atoms with Gasteiger partial charge in [0, 0.05) is 0 Å². The molecule has 2 atom stereocenters. The highest BCUT2D eigenvalue weighted by atomic mass is 35.5. The molecule has 1 N–H and O–H groups in total. The van der Waals surface area contributed by atoms with Crippen molar-refractivity contribution in [2.75, 3.05) is 13.1 Å². The van der Waals surface area contributed by atoms with E-state index in [2.05, 4.69) is 5.32 Å². The van der Waals surface area contributed by atoms with Gasteiger partial charge in [-0.2, -0.15) is 0 Å². The van der Waals surface area contributed by atoms with Crippen molar-refractivity contribution in [2.45, 2.75) is 37.9 Å². The van der Waals surface area contributed by atoms with Crippen molar-refractivity contribution in [3.05, 3.63) is 59.2 Å². The molecule has 2 aliphatic rings. The molecule has 2 aliphatic heterocycles. The lowest BCUT2D eigenvalue weighted by molar-refractivity contribution is -0.127. The van der Waals surface area contributed by atoms with Crippen LogP contribution in [0, 0.1) is 11.6 Å². The summed E-state index contributed by atoms with van der Waals surface area (Å²) in [6, 6.07) is 8.52. The second kappa shape index (κ2) is 9.53. The molecule has 2 aromatic carbocycles. The number of ether oxygens (including phenoxy) is 2. The Kier molecular flexibility index (Phi) is 7.05. The summed E-state index contributed by atoms with van der Waals surface area (Å²) in [7, 11) is 0. The predicted octanol–water partition coefficient (Wildman–Crippen LogP) is 3.20. The third kappa shape index (κ3) is 4.96. The SMILES string of the molecule is Cl.O=C(CNCC(=O)C1CCc2cc(F)ccc2O1)C1CCc2cc(F)ccc2O1. The van der Waals surface area contributed by atoms with Crippen molar-refractivity contribution in [3.63, 3.8) is 0 Å². The maximum atomic E-state index is 13.3. The van der Waals surface area contributed by atoms with Crippen LogP contribution < -0.4 is 14.8 Å². The van der Waals surface area contributed by atoms with Crippen LogP contribution >= 0.6 is 12.4 Å². The Hall–Kier alpha value is -2.51. The molecule has 5 nitrogen and oxygen atoms in total. The summed E-state index contributed by atoms with van der Waals surface area (Å²) in [6.45, 7) is 0.00288. The zero-order valence-electron chi connectivity index (χ0n) is 16.2. The molecule has 2 heterocycles. The van der Waals surface area contributed by atoms with E-state index in [1.807, 2.05) is 0 Å². The molecule has 4 rings (SSSR count). The number of hydrogen-bond donors (Lipinski definition) is 1. The lowest BCUT2D eigenvalue weighted by Crippen LogP contribution is -2.42. The number of ketones is 2. The van der Waals surface area contributed by atoms with Crippen LogP contribution in [0.4, 0.5) is 8.78 Å². The summed E-state index contributed by atoms with van der Waals surface area (Å²) >= 11 is 0. The summed E-state index contributed by atoms with van der Waals surface area (Å²) in [4.78, 5) is 24.8. The number of hydrogen-bond acceptors (Lipinski definition) is 5. The molecule has 0 aliphatic carbocycles. The van der Waals surface area contributed by atoms with Crippen molar-refractivity contribution in [2.24, 2.45) is 0 Å². The Morgan fingerprint density at radius 1 is 0.833 bits per heavy atom. The first kappa shape index (κ1) is 22.2. The maximum Gasteiger partial charge on any atom is 0.186 e. The van der Waals surface area contributed by atoms with Gasteiger partial charge < -0.3 is 14.8 Å². The van der Waals surface area contributed by atoms with E-state index < -0.39 is 12.2 Å². The monoisotopic (exact) mass is 437 g/mol. The summed E-state index contributed by atoms with van der Waals surface area (Å²) in [5.41, 5.74) is 1.51. The number of benzene rings is 2. The first-order valence-electron chi connectivity index (χ1n) is 9.66. The number of Topliss-reactive ketones (excluding diaryl/α,β-unsaturated/α-hetero) is 2. The summed E-state index contributed by atoms with van der Waals surface area (Å²) in [5, 5.41) is 2.87. The first-order valence-corrected chi connectivity index (χ1v) is 9.66. The molecular formula is C22H22ClF2NO4. The van der Waals surface area contributed by atoms with Crippen LogP contribution in [0.3, 0.4) is 0 Å². The predicted molar refractivity (Wildman–Crippen MR) is 108 cm³/mol. The van der Waals surface area contributed by atoms with Gasteiger partial charge in [-0.05, 0) is 73.2 Å². The topological polar surface area (TPSA) is 64.6 Å². The minimum Gasteiger partial charge on any atom is -0.482 e. The fourth-order valence-corrected chi connectivity index (χ4v) is 3.70. The Morgan fingerprint density at radius 3 is 1.70 bits per heavy atom. The third-order valence-electron chi connectivity index (χ3n) is 5.25. The van der Waals surface area contributed by atoms with Crippen molar-refractivity contribution in [1.29, 1.82) is 0 Å². The molecule has 0 radical (unpaired) electrons. The van der Waals surface area contributed by atoms with Crippen LogP contribution in [-0.4, -0.2) is 36.9 Å². The molecule has 0 amide bonds. The van der Waals surface area contributed by atoms with Gasteiger partial charge in [0.2, 0.25) is 0 Å². The van der Waals surface area contributed by atoms with E-state index in [1.54, 1.807) is 0 Å². The van der Waals surface area contributed by atoms with Crippen LogP contribution in [0.2, 0.25) is 0 Å². The van der Waals surface area contributed by atoms with Gasteiger partial charge in [-0.15, -0.1) is 12.4 Å².